The van der Waals surface area contributed by atoms with Gasteiger partial charge in [-0.1, -0.05) is 181 Å². The first-order valence-electron chi connectivity index (χ1n) is 38.3. The van der Waals surface area contributed by atoms with Gasteiger partial charge in [0.2, 0.25) is 0 Å². The van der Waals surface area contributed by atoms with Crippen LogP contribution in [0.25, 0.3) is 88.0 Å². The number of hydrogen-bond donors (Lipinski definition) is 0. The van der Waals surface area contributed by atoms with E-state index in [-0.39, 0.29) is 39.4 Å². The molecule has 0 N–H and O–H groups in total. The van der Waals surface area contributed by atoms with Crippen molar-refractivity contribution in [3.63, 3.8) is 0 Å². The molecule has 69 heavy (non-hydrogen) atoms. The van der Waals surface area contributed by atoms with Crippen LogP contribution in [0.4, 0.5) is 17.1 Å². The Labute approximate surface area is 452 Å². The lowest BCUT2D eigenvalue weighted by Crippen LogP contribution is -2.50. The quantitative estimate of drug-likeness (QED) is 0.165. The Morgan fingerprint density at radius 1 is 0.420 bits per heavy atom. The highest BCUT2D eigenvalue weighted by Crippen LogP contribution is 2.66. The molecular weight excluding hydrogens is 835 g/mol. The molecule has 0 amide bonds. The second-order valence-electron chi connectivity index (χ2n) is 18.8. The molecule has 10 aromatic carbocycles. The molecule has 0 unspecified atom stereocenters. The number of fused-ring (bicyclic) bond motifs is 9. The zero-order chi connectivity index (χ0) is 76.1. The van der Waals surface area contributed by atoms with Gasteiger partial charge in [-0.3, -0.25) is 0 Å². The zero-order valence-electron chi connectivity index (χ0n) is 71.4. The van der Waals surface area contributed by atoms with Gasteiger partial charge in [0.1, 0.15) is 11.2 Å². The largest absolute Gasteiger partial charge is 0.455 e. The summed E-state index contributed by atoms with van der Waals surface area (Å²) in [4.78, 5) is 0.640. The van der Waals surface area contributed by atoms with Crippen LogP contribution in [0.1, 0.15) is 109 Å². The zero-order valence-corrected chi connectivity index (χ0v) is 38.4. The summed E-state index contributed by atoms with van der Waals surface area (Å²) in [6.45, 7) is 13.5. The molecule has 11 aromatic rings. The maximum atomic E-state index is 10.8. The molecule has 0 saturated carbocycles. The Hall–Kier alpha value is -7.68. The van der Waals surface area contributed by atoms with Crippen molar-refractivity contribution in [2.24, 2.45) is 10.8 Å². The van der Waals surface area contributed by atoms with Gasteiger partial charge in [-0.25, -0.2) is 0 Å². The molecule has 0 radical (unpaired) electrons. The maximum Gasteiger partial charge on any atom is 0.143 e. The van der Waals surface area contributed by atoms with Crippen LogP contribution in [0.15, 0.2) is 204 Å². The highest BCUT2D eigenvalue weighted by Gasteiger charge is 2.58. The maximum absolute atomic E-state index is 10.8. The fourth-order valence-corrected chi connectivity index (χ4v) is 10.4. The van der Waals surface area contributed by atoms with E-state index in [1.165, 1.54) is 6.92 Å². The third kappa shape index (κ3) is 6.53. The topological polar surface area (TPSA) is 16.4 Å². The first-order chi connectivity index (χ1) is 47.1. The van der Waals surface area contributed by atoms with Gasteiger partial charge in [0.25, 0.3) is 0 Å². The average molecular weight is 925 g/mol. The molecule has 1 aliphatic rings. The SMILES string of the molecule is [2H]c1c([2H])c([2H])c(-c2c([2H])c(-c3c([2H])c([2H])c([2H])c([2H])c3C)c([2H])c(-c3c([2H])c4c(oc5c([2H])c(N(c6c([2H])c([2H])c7c(c6[2H])C(C(C)(C)C)(C(C)(C)C)c6c(C)c([2H])c([2H])c([2H])c6-7)c6c([2H])c([2H])c([2H])c7c([2H])c([2H])c([2H])c([2H])c67)c([2H])c([2H])c54)c4c([2H])c([2H])c([2H])c([2H])c34)c2[2H])c([2H])c1[2H]. The third-order valence-corrected chi connectivity index (χ3v) is 12.8. The first-order valence-corrected chi connectivity index (χ1v) is 21.8. The van der Waals surface area contributed by atoms with E-state index in [1.807, 2.05) is 0 Å². The van der Waals surface area contributed by atoms with E-state index in [9.17, 15) is 24.7 Å². The van der Waals surface area contributed by atoms with Gasteiger partial charge >= 0.3 is 0 Å². The van der Waals surface area contributed by atoms with Crippen molar-refractivity contribution in [2.45, 2.75) is 60.8 Å². The Bertz CT molecular complexity index is 5620. The van der Waals surface area contributed by atoms with Crippen LogP contribution >= 0.6 is 0 Å². The summed E-state index contributed by atoms with van der Waals surface area (Å²) in [5.41, 5.74) is -13.6. The molecule has 0 atom stereocenters. The summed E-state index contributed by atoms with van der Waals surface area (Å²) in [7, 11) is 0. The Morgan fingerprint density at radius 2 is 1.01 bits per heavy atom. The Kier molecular flexibility index (Phi) is 4.57. The fourth-order valence-electron chi connectivity index (χ4n) is 10.4. The number of hydrogen-bond acceptors (Lipinski definition) is 2. The van der Waals surface area contributed by atoms with E-state index in [0.717, 1.165) is 0 Å². The minimum absolute atomic E-state index is 0.0725. The van der Waals surface area contributed by atoms with Gasteiger partial charge in [0, 0.05) is 44.4 Å². The van der Waals surface area contributed by atoms with Gasteiger partial charge in [0.15, 0.2) is 0 Å². The van der Waals surface area contributed by atoms with Crippen LogP contribution in [0.5, 0.6) is 0 Å². The van der Waals surface area contributed by atoms with Gasteiger partial charge in [-0.15, -0.1) is 0 Å². The molecule has 1 aliphatic carbocycles. The van der Waals surface area contributed by atoms with Crippen molar-refractivity contribution in [1.29, 1.82) is 0 Å². The smallest absolute Gasteiger partial charge is 0.143 e. The fraction of sp³-hybridized carbons (Fsp3) is 0.164. The van der Waals surface area contributed by atoms with E-state index < -0.39 is 304 Å². The summed E-state index contributed by atoms with van der Waals surface area (Å²) in [6, 6.07) is -30.7. The van der Waals surface area contributed by atoms with Gasteiger partial charge < -0.3 is 9.32 Å². The molecule has 1 heterocycles. The van der Waals surface area contributed by atoms with E-state index in [1.54, 1.807) is 48.5 Å². The van der Waals surface area contributed by atoms with Gasteiger partial charge in [-0.2, -0.15) is 0 Å². The van der Waals surface area contributed by atoms with Crippen molar-refractivity contribution in [2.75, 3.05) is 4.90 Å². The highest BCUT2D eigenvalue weighted by molar-refractivity contribution is 6.20. The second-order valence-corrected chi connectivity index (χ2v) is 18.8. The number of nitrogens with zero attached hydrogens (tertiary/aromatic N) is 1. The van der Waals surface area contributed by atoms with Crippen molar-refractivity contribution >= 4 is 60.5 Å². The average Bonchev–Trinajstić information content (AvgIpc) is 1.48. The predicted octanol–water partition coefficient (Wildman–Crippen LogP) is 19.3. The molecule has 0 bridgehead atoms. The minimum atomic E-state index is -1.66. The number of benzene rings is 10. The predicted molar refractivity (Wildman–Crippen MR) is 294 cm³/mol. The molecule has 12 rings (SSSR count). The molecule has 0 spiro atoms. The summed E-state index contributed by atoms with van der Waals surface area (Å²) in [6.07, 6.45) is 0. The molecule has 2 nitrogen and oxygen atoms in total. The first kappa shape index (κ1) is 20.1. The van der Waals surface area contributed by atoms with Crippen LogP contribution in [0, 0.1) is 24.7 Å². The second kappa shape index (κ2) is 15.7. The number of rotatable bonds is 6. The van der Waals surface area contributed by atoms with E-state index in [4.69, 9.17) is 25.0 Å². The van der Waals surface area contributed by atoms with E-state index in [0.29, 0.717) is 4.90 Å². The van der Waals surface area contributed by atoms with Crippen molar-refractivity contribution in [1.82, 2.24) is 0 Å². The standard InChI is InChI=1S/C67H57NO/c1-42-20-12-14-26-51(42)47-36-46(44-22-10-9-11-23-44)37-48(38-47)58-41-59-55-35-33-50(40-62(55)69-64(59)57-29-17-16-28-53(57)58)68(61-31-19-25-45-24-13-15-27-52(45)61)49-32-34-54-56-30-18-21-43(2)63(56)67(60(54)39-49,65(3,4)5)66(6,7)8/h9-41H,1-8H3/i9D,10D,11D,12D,13D,14D,15D,16D,17D,18D,19D,20D,21D,22D,23D,24D,25D,26D,27D,28D,29D,30D,31D,32D,33D,34D,35D,36D,37D,38D,39D,40D,41D. The Balaban J connectivity index is 1.34. The normalized spacial score (nSPS) is 20.0. The molecule has 2 heteroatoms. The van der Waals surface area contributed by atoms with Gasteiger partial charge in [0.05, 0.1) is 50.9 Å². The molecule has 0 saturated heterocycles. The molecule has 0 fully saturated rings. The lowest BCUT2D eigenvalue weighted by Gasteiger charge is -2.53. The summed E-state index contributed by atoms with van der Waals surface area (Å²) >= 11 is 0. The summed E-state index contributed by atoms with van der Waals surface area (Å²) < 4.78 is 318. The van der Waals surface area contributed by atoms with E-state index >= 15 is 0 Å². The van der Waals surface area contributed by atoms with Crippen LogP contribution < -0.4 is 4.90 Å². The minimum Gasteiger partial charge on any atom is -0.455 e. The van der Waals surface area contributed by atoms with Crippen molar-refractivity contribution in [3.8, 4) is 44.5 Å². The van der Waals surface area contributed by atoms with Crippen LogP contribution in [0.3, 0.4) is 0 Å². The third-order valence-electron chi connectivity index (χ3n) is 12.8. The molecule has 1 aromatic heterocycles. The molecule has 336 valence electrons. The Morgan fingerprint density at radius 3 is 1.80 bits per heavy atom. The lowest BCUT2D eigenvalue weighted by atomic mass is 9.49. The summed E-state index contributed by atoms with van der Waals surface area (Å²) in [5, 5.41) is -4.44. The molecular formula is C67H57NO. The van der Waals surface area contributed by atoms with E-state index in [2.05, 4.69) is 0 Å². The molecule has 0 aliphatic heterocycles. The van der Waals surface area contributed by atoms with Crippen molar-refractivity contribution in [3.05, 3.63) is 222 Å². The number of furan rings is 1. The van der Waals surface area contributed by atoms with Gasteiger partial charge in [-0.05, 0) is 157 Å². The van der Waals surface area contributed by atoms with Crippen LogP contribution in [-0.2, 0) is 5.41 Å². The van der Waals surface area contributed by atoms with Crippen molar-refractivity contribution < 1.29 is 49.7 Å². The monoisotopic (exact) mass is 925 g/mol. The highest BCUT2D eigenvalue weighted by atomic mass is 16.3. The van der Waals surface area contributed by atoms with Crippen LogP contribution in [0.2, 0.25) is 0 Å². The van der Waals surface area contributed by atoms with Crippen LogP contribution in [-0.4, -0.2) is 0 Å². The lowest BCUT2D eigenvalue weighted by molar-refractivity contribution is 0.0945. The number of anilines is 3. The summed E-state index contributed by atoms with van der Waals surface area (Å²) in [5.74, 6) is 0.